The summed E-state index contributed by atoms with van der Waals surface area (Å²) in [7, 11) is 0. The third kappa shape index (κ3) is 0.824. The van der Waals surface area contributed by atoms with Crippen LogP contribution in [-0.2, 0) is 4.74 Å². The fourth-order valence-corrected chi connectivity index (χ4v) is 0.426. The second kappa shape index (κ2) is 1.40. The predicted molar refractivity (Wildman–Crippen MR) is 23.6 cm³/mol. The molecule has 1 rings (SSSR count). The molecule has 1 saturated heterocycles. The number of nitrogens with one attached hydrogen (secondary N) is 1. The lowest BCUT2D eigenvalue weighted by atomic mass is 10.4. The number of cyclic esters (lactones) is 1. The summed E-state index contributed by atoms with van der Waals surface area (Å²) in [6.45, 7) is 3.93. The molecule has 3 heteroatoms. The van der Waals surface area contributed by atoms with Gasteiger partial charge in [0.05, 0.1) is 6.04 Å². The molecule has 1 unspecified atom stereocenters. The van der Waals surface area contributed by atoms with Gasteiger partial charge in [0.15, 0.2) is 0 Å². The van der Waals surface area contributed by atoms with Crippen LogP contribution in [0, 0.1) is 6.92 Å². The van der Waals surface area contributed by atoms with Gasteiger partial charge in [-0.1, -0.05) is 0 Å². The number of amides is 1. The molecule has 7 heavy (non-hydrogen) atoms. The van der Waals surface area contributed by atoms with Crippen LogP contribution in [0.3, 0.4) is 0 Å². The first-order valence-corrected chi connectivity index (χ1v) is 2.05. The monoisotopic (exact) mass is 100 g/mol. The zero-order valence-corrected chi connectivity index (χ0v) is 3.81. The molecule has 1 atom stereocenters. The molecular weight excluding hydrogens is 94.0 g/mol. The molecule has 1 aliphatic rings. The third-order valence-electron chi connectivity index (χ3n) is 0.738. The number of rotatable bonds is 0. The van der Waals surface area contributed by atoms with Gasteiger partial charge >= 0.3 is 6.09 Å². The van der Waals surface area contributed by atoms with E-state index < -0.39 is 0 Å². The average Bonchev–Trinajstić information content (AvgIpc) is 1.87. The highest BCUT2D eigenvalue weighted by atomic mass is 16.6. The standard InChI is InChI=1S/C4H6NO2/c1-3-2-7-4(6)5-3/h3H,1-2H2,(H,5,6). The van der Waals surface area contributed by atoms with Crippen molar-refractivity contribution in [3.63, 3.8) is 0 Å². The van der Waals surface area contributed by atoms with Crippen molar-refractivity contribution in [1.29, 1.82) is 0 Å². The molecule has 1 radical (unpaired) electrons. The van der Waals surface area contributed by atoms with Gasteiger partial charge in [-0.3, -0.25) is 0 Å². The van der Waals surface area contributed by atoms with Crippen LogP contribution in [0.5, 0.6) is 0 Å². The van der Waals surface area contributed by atoms with Crippen molar-refractivity contribution < 1.29 is 9.53 Å². The summed E-state index contributed by atoms with van der Waals surface area (Å²) in [4.78, 5) is 10.1. The van der Waals surface area contributed by atoms with Crippen LogP contribution < -0.4 is 5.32 Å². The van der Waals surface area contributed by atoms with Crippen molar-refractivity contribution in [2.75, 3.05) is 6.61 Å². The number of carbonyl (C=O) groups is 1. The summed E-state index contributed by atoms with van der Waals surface area (Å²) in [6, 6.07) is -0.0486. The zero-order chi connectivity index (χ0) is 5.28. The molecule has 39 valence electrons. The summed E-state index contributed by atoms with van der Waals surface area (Å²) >= 11 is 0. The molecule has 0 saturated carbocycles. The van der Waals surface area contributed by atoms with E-state index in [1.54, 1.807) is 0 Å². The first-order chi connectivity index (χ1) is 3.29. The highest BCUT2D eigenvalue weighted by molar-refractivity contribution is 5.69. The van der Waals surface area contributed by atoms with Crippen LogP contribution in [0.25, 0.3) is 0 Å². The fourth-order valence-electron chi connectivity index (χ4n) is 0.426. The number of carbonyl (C=O) groups excluding carboxylic acids is 1. The quantitative estimate of drug-likeness (QED) is 0.462. The Kier molecular flexibility index (Phi) is 0.889. The number of hydrogen-bond donors (Lipinski definition) is 1. The second-order valence-electron chi connectivity index (χ2n) is 1.44. The maximum Gasteiger partial charge on any atom is 0.407 e. The Morgan fingerprint density at radius 3 is 2.86 bits per heavy atom. The molecule has 1 fully saturated rings. The van der Waals surface area contributed by atoms with Gasteiger partial charge in [-0.15, -0.1) is 0 Å². The topological polar surface area (TPSA) is 38.3 Å². The number of alkyl carbamates (subject to hydrolysis) is 1. The van der Waals surface area contributed by atoms with Gasteiger partial charge in [0, 0.05) is 0 Å². The first kappa shape index (κ1) is 4.43. The smallest absolute Gasteiger partial charge is 0.407 e. The number of ether oxygens (including phenoxy) is 1. The molecule has 1 aliphatic heterocycles. The summed E-state index contributed by atoms with van der Waals surface area (Å²) in [5.41, 5.74) is 0. The highest BCUT2D eigenvalue weighted by Gasteiger charge is 2.16. The van der Waals surface area contributed by atoms with Crippen molar-refractivity contribution in [3.8, 4) is 0 Å². The molecule has 1 amide bonds. The summed E-state index contributed by atoms with van der Waals surface area (Å²) in [6.07, 6.45) is -0.361. The largest absolute Gasteiger partial charge is 0.447 e. The van der Waals surface area contributed by atoms with Gasteiger partial charge in [0.1, 0.15) is 6.61 Å². The van der Waals surface area contributed by atoms with E-state index in [1.165, 1.54) is 0 Å². The second-order valence-corrected chi connectivity index (χ2v) is 1.44. The van der Waals surface area contributed by atoms with E-state index in [9.17, 15) is 4.79 Å². The highest BCUT2D eigenvalue weighted by Crippen LogP contribution is 1.92. The molecular formula is C4H6NO2. The van der Waals surface area contributed by atoms with Crippen molar-refractivity contribution in [2.45, 2.75) is 6.04 Å². The maximum atomic E-state index is 10.1. The van der Waals surface area contributed by atoms with Gasteiger partial charge in [0.25, 0.3) is 0 Å². The SMILES string of the molecule is [CH2]C1COC(=O)N1. The van der Waals surface area contributed by atoms with E-state index in [2.05, 4.69) is 17.0 Å². The minimum atomic E-state index is -0.361. The van der Waals surface area contributed by atoms with Crippen molar-refractivity contribution in [1.82, 2.24) is 5.32 Å². The van der Waals surface area contributed by atoms with Gasteiger partial charge in [0.2, 0.25) is 0 Å². The van der Waals surface area contributed by atoms with Crippen LogP contribution >= 0.6 is 0 Å². The molecule has 1 N–H and O–H groups in total. The Hall–Kier alpha value is -0.730. The summed E-state index contributed by atoms with van der Waals surface area (Å²) < 4.78 is 4.45. The number of hydrogen-bond acceptors (Lipinski definition) is 2. The predicted octanol–water partition coefficient (Wildman–Crippen LogP) is -0.0711. The Morgan fingerprint density at radius 1 is 2.00 bits per heavy atom. The Bertz CT molecular complexity index is 91.7. The normalized spacial score (nSPS) is 29.3. The van der Waals surface area contributed by atoms with E-state index >= 15 is 0 Å². The van der Waals surface area contributed by atoms with Gasteiger partial charge in [-0.25, -0.2) is 4.79 Å². The molecule has 0 aromatic carbocycles. The van der Waals surface area contributed by atoms with Crippen LogP contribution in [0.1, 0.15) is 0 Å². The van der Waals surface area contributed by atoms with Crippen molar-refractivity contribution in [3.05, 3.63) is 6.92 Å². The Labute approximate surface area is 41.7 Å². The lowest BCUT2D eigenvalue weighted by molar-refractivity contribution is 0.177. The van der Waals surface area contributed by atoms with Crippen LogP contribution in [0.15, 0.2) is 0 Å². The summed E-state index contributed by atoms with van der Waals surface area (Å²) in [5, 5.41) is 2.44. The minimum absolute atomic E-state index is 0.0486. The van der Waals surface area contributed by atoms with E-state index in [0.717, 1.165) is 0 Å². The van der Waals surface area contributed by atoms with E-state index in [-0.39, 0.29) is 12.1 Å². The lowest BCUT2D eigenvalue weighted by Gasteiger charge is -1.90. The maximum absolute atomic E-state index is 10.1. The first-order valence-electron chi connectivity index (χ1n) is 2.05. The van der Waals surface area contributed by atoms with Crippen LogP contribution in [-0.4, -0.2) is 18.7 Å². The fraction of sp³-hybridized carbons (Fsp3) is 0.500. The minimum Gasteiger partial charge on any atom is -0.447 e. The molecule has 1 heterocycles. The lowest BCUT2D eigenvalue weighted by Crippen LogP contribution is -2.22. The molecule has 3 nitrogen and oxygen atoms in total. The van der Waals surface area contributed by atoms with Crippen molar-refractivity contribution >= 4 is 6.09 Å². The van der Waals surface area contributed by atoms with Crippen molar-refractivity contribution in [2.24, 2.45) is 0 Å². The average molecular weight is 100 g/mol. The molecule has 0 aromatic heterocycles. The van der Waals surface area contributed by atoms with E-state index in [4.69, 9.17) is 0 Å². The molecule has 0 spiro atoms. The van der Waals surface area contributed by atoms with Gasteiger partial charge in [-0.05, 0) is 6.92 Å². The van der Waals surface area contributed by atoms with E-state index in [1.807, 2.05) is 0 Å². The van der Waals surface area contributed by atoms with Crippen LogP contribution in [0.2, 0.25) is 0 Å². The van der Waals surface area contributed by atoms with Crippen LogP contribution in [0.4, 0.5) is 4.79 Å². The third-order valence-corrected chi connectivity index (χ3v) is 0.738. The molecule has 0 bridgehead atoms. The van der Waals surface area contributed by atoms with Gasteiger partial charge in [-0.2, -0.15) is 0 Å². The Balaban J connectivity index is 2.40. The van der Waals surface area contributed by atoms with Gasteiger partial charge < -0.3 is 10.1 Å². The summed E-state index contributed by atoms with van der Waals surface area (Å²) in [5.74, 6) is 0. The molecule has 0 aromatic rings. The Morgan fingerprint density at radius 2 is 2.71 bits per heavy atom. The zero-order valence-electron chi connectivity index (χ0n) is 3.81. The molecule has 0 aliphatic carbocycles. The van der Waals surface area contributed by atoms with E-state index in [0.29, 0.717) is 6.61 Å².